The molecule has 0 aromatic rings. The SMILES string of the molecule is N[C@@H]1CCNC(=O)N1. The third-order valence-corrected chi connectivity index (χ3v) is 1.06. The quantitative estimate of drug-likeness (QED) is 0.378. The first-order valence-electron chi connectivity index (χ1n) is 2.59. The van der Waals surface area contributed by atoms with Gasteiger partial charge in [-0.3, -0.25) is 0 Å². The van der Waals surface area contributed by atoms with E-state index in [-0.39, 0.29) is 12.2 Å². The van der Waals surface area contributed by atoms with Gasteiger partial charge in [0.2, 0.25) is 0 Å². The fourth-order valence-corrected chi connectivity index (χ4v) is 0.633. The van der Waals surface area contributed by atoms with Crippen LogP contribution in [0.2, 0.25) is 0 Å². The summed E-state index contributed by atoms with van der Waals surface area (Å²) in [6, 6.07) is -0.163. The number of amides is 2. The molecule has 1 aliphatic heterocycles. The van der Waals surface area contributed by atoms with Crippen LogP contribution in [0.3, 0.4) is 0 Å². The van der Waals surface area contributed by atoms with Gasteiger partial charge in [-0.1, -0.05) is 0 Å². The van der Waals surface area contributed by atoms with Crippen LogP contribution in [0.1, 0.15) is 6.42 Å². The van der Waals surface area contributed by atoms with Crippen molar-refractivity contribution in [2.24, 2.45) is 5.73 Å². The van der Waals surface area contributed by atoms with E-state index in [1.54, 1.807) is 0 Å². The van der Waals surface area contributed by atoms with Crippen LogP contribution in [-0.4, -0.2) is 18.7 Å². The van der Waals surface area contributed by atoms with Crippen LogP contribution < -0.4 is 16.4 Å². The summed E-state index contributed by atoms with van der Waals surface area (Å²) in [4.78, 5) is 10.4. The normalized spacial score (nSPS) is 28.6. The number of carbonyl (C=O) groups excluding carboxylic acids is 1. The third-order valence-electron chi connectivity index (χ3n) is 1.06. The van der Waals surface area contributed by atoms with Crippen LogP contribution in [-0.2, 0) is 0 Å². The predicted molar refractivity (Wildman–Crippen MR) is 29.1 cm³/mol. The van der Waals surface area contributed by atoms with Crippen molar-refractivity contribution in [3.63, 3.8) is 0 Å². The maximum absolute atomic E-state index is 10.4. The van der Waals surface area contributed by atoms with Crippen molar-refractivity contribution < 1.29 is 4.79 Å². The van der Waals surface area contributed by atoms with E-state index in [1.807, 2.05) is 0 Å². The lowest BCUT2D eigenvalue weighted by Crippen LogP contribution is -2.53. The lowest BCUT2D eigenvalue weighted by atomic mass is 10.3. The fourth-order valence-electron chi connectivity index (χ4n) is 0.633. The van der Waals surface area contributed by atoms with Gasteiger partial charge in [-0.2, -0.15) is 0 Å². The Hall–Kier alpha value is -0.770. The zero-order chi connectivity index (χ0) is 5.98. The summed E-state index contributed by atoms with van der Waals surface area (Å²) >= 11 is 0. The van der Waals surface area contributed by atoms with Crippen molar-refractivity contribution in [3.05, 3.63) is 0 Å². The summed E-state index contributed by atoms with van der Waals surface area (Å²) in [6.07, 6.45) is 0.662. The molecule has 4 N–H and O–H groups in total. The molecule has 1 fully saturated rings. The zero-order valence-corrected chi connectivity index (χ0v) is 4.48. The number of carbonyl (C=O) groups is 1. The molecule has 1 atom stereocenters. The summed E-state index contributed by atoms with van der Waals surface area (Å²) in [5.41, 5.74) is 5.35. The van der Waals surface area contributed by atoms with E-state index in [0.29, 0.717) is 6.54 Å². The van der Waals surface area contributed by atoms with Gasteiger partial charge in [-0.15, -0.1) is 0 Å². The highest BCUT2D eigenvalue weighted by atomic mass is 16.2. The van der Waals surface area contributed by atoms with Crippen molar-refractivity contribution in [3.8, 4) is 0 Å². The smallest absolute Gasteiger partial charge is 0.316 e. The Morgan fingerprint density at radius 3 is 2.88 bits per heavy atom. The van der Waals surface area contributed by atoms with Gasteiger partial charge in [-0.05, 0) is 6.42 Å². The van der Waals surface area contributed by atoms with Crippen LogP contribution in [0, 0.1) is 0 Å². The molecular formula is C4H9N3O. The highest BCUT2D eigenvalue weighted by molar-refractivity contribution is 5.74. The second-order valence-electron chi connectivity index (χ2n) is 1.80. The minimum Gasteiger partial charge on any atom is -0.338 e. The molecule has 4 heteroatoms. The van der Waals surface area contributed by atoms with Crippen LogP contribution >= 0.6 is 0 Å². The summed E-state index contributed by atoms with van der Waals surface area (Å²) in [5.74, 6) is 0. The van der Waals surface area contributed by atoms with Crippen molar-refractivity contribution in [2.75, 3.05) is 6.54 Å². The number of rotatable bonds is 0. The average molecular weight is 115 g/mol. The van der Waals surface area contributed by atoms with Gasteiger partial charge in [0.05, 0.1) is 6.17 Å². The highest BCUT2D eigenvalue weighted by Crippen LogP contribution is 1.86. The number of nitrogens with two attached hydrogens (primary N) is 1. The Balaban J connectivity index is 2.34. The fraction of sp³-hybridized carbons (Fsp3) is 0.750. The molecular weight excluding hydrogens is 106 g/mol. The van der Waals surface area contributed by atoms with E-state index in [1.165, 1.54) is 0 Å². The lowest BCUT2D eigenvalue weighted by molar-refractivity contribution is 0.229. The van der Waals surface area contributed by atoms with Crippen LogP contribution in [0.5, 0.6) is 0 Å². The van der Waals surface area contributed by atoms with Gasteiger partial charge in [0, 0.05) is 6.54 Å². The molecule has 1 rings (SSSR count). The molecule has 46 valence electrons. The first kappa shape index (κ1) is 5.37. The molecule has 4 nitrogen and oxygen atoms in total. The van der Waals surface area contributed by atoms with Crippen molar-refractivity contribution in [1.82, 2.24) is 10.6 Å². The van der Waals surface area contributed by atoms with E-state index in [2.05, 4.69) is 10.6 Å². The maximum Gasteiger partial charge on any atom is 0.316 e. The first-order chi connectivity index (χ1) is 3.79. The molecule has 1 saturated heterocycles. The van der Waals surface area contributed by atoms with Gasteiger partial charge in [0.15, 0.2) is 0 Å². The predicted octanol–water partition coefficient (Wildman–Crippen LogP) is -1.03. The number of urea groups is 1. The second-order valence-corrected chi connectivity index (χ2v) is 1.80. The second kappa shape index (κ2) is 2.00. The molecule has 0 aliphatic carbocycles. The van der Waals surface area contributed by atoms with Gasteiger partial charge in [-0.25, -0.2) is 4.79 Å². The summed E-state index contributed by atoms with van der Waals surface area (Å²) < 4.78 is 0. The molecule has 0 bridgehead atoms. The molecule has 0 saturated carbocycles. The van der Waals surface area contributed by atoms with E-state index in [4.69, 9.17) is 5.73 Å². The van der Waals surface area contributed by atoms with Crippen LogP contribution in [0.4, 0.5) is 4.79 Å². The molecule has 0 aromatic carbocycles. The summed E-state index contributed by atoms with van der Waals surface area (Å²) in [7, 11) is 0. The molecule has 0 radical (unpaired) electrons. The van der Waals surface area contributed by atoms with Crippen molar-refractivity contribution in [2.45, 2.75) is 12.6 Å². The third kappa shape index (κ3) is 1.10. The highest BCUT2D eigenvalue weighted by Gasteiger charge is 2.11. The van der Waals surface area contributed by atoms with Crippen molar-refractivity contribution in [1.29, 1.82) is 0 Å². The monoisotopic (exact) mass is 115 g/mol. The topological polar surface area (TPSA) is 67.1 Å². The maximum atomic E-state index is 10.4. The molecule has 1 aliphatic rings. The van der Waals surface area contributed by atoms with Crippen LogP contribution in [0.15, 0.2) is 0 Å². The molecule has 0 unspecified atom stereocenters. The summed E-state index contributed by atoms with van der Waals surface area (Å²) in [5, 5.41) is 5.09. The Bertz CT molecular complexity index is 103. The molecule has 8 heavy (non-hydrogen) atoms. The van der Waals surface area contributed by atoms with Gasteiger partial charge in [0.1, 0.15) is 0 Å². The first-order valence-corrected chi connectivity index (χ1v) is 2.59. The van der Waals surface area contributed by atoms with Gasteiger partial charge < -0.3 is 16.4 Å². The largest absolute Gasteiger partial charge is 0.338 e. The van der Waals surface area contributed by atoms with E-state index < -0.39 is 0 Å². The zero-order valence-electron chi connectivity index (χ0n) is 4.48. The molecule has 1 heterocycles. The van der Waals surface area contributed by atoms with E-state index >= 15 is 0 Å². The lowest BCUT2D eigenvalue weighted by Gasteiger charge is -2.19. The Morgan fingerprint density at radius 1 is 1.75 bits per heavy atom. The average Bonchev–Trinajstić information content (AvgIpc) is 1.64. The van der Waals surface area contributed by atoms with E-state index in [9.17, 15) is 4.79 Å². The number of hydrogen-bond acceptors (Lipinski definition) is 2. The molecule has 2 amide bonds. The Labute approximate surface area is 47.4 Å². The van der Waals surface area contributed by atoms with Crippen molar-refractivity contribution >= 4 is 6.03 Å². The van der Waals surface area contributed by atoms with Gasteiger partial charge >= 0.3 is 6.03 Å². The minimum atomic E-state index is -0.163. The summed E-state index contributed by atoms with van der Waals surface area (Å²) in [6.45, 7) is 0.688. The standard InChI is InChI=1S/C4H9N3O/c5-3-1-2-6-4(8)7-3/h3H,1-2,5H2,(H2,6,7,8)/t3-/m0/s1. The van der Waals surface area contributed by atoms with Gasteiger partial charge in [0.25, 0.3) is 0 Å². The minimum absolute atomic E-state index is 0.149. The number of nitrogens with one attached hydrogen (secondary N) is 2. The Kier molecular flexibility index (Phi) is 1.34. The molecule has 0 spiro atoms. The number of hydrogen-bond donors (Lipinski definition) is 3. The van der Waals surface area contributed by atoms with E-state index in [0.717, 1.165) is 6.42 Å². The Morgan fingerprint density at radius 2 is 2.50 bits per heavy atom. The molecule has 0 aromatic heterocycles. The van der Waals surface area contributed by atoms with Crippen LogP contribution in [0.25, 0.3) is 0 Å².